The molecule has 0 unspecified atom stereocenters. The zero-order chi connectivity index (χ0) is 22.4. The molecule has 6 nitrogen and oxygen atoms in total. The predicted molar refractivity (Wildman–Crippen MR) is 106 cm³/mol. The van der Waals surface area contributed by atoms with Crippen molar-refractivity contribution in [2.24, 2.45) is 5.16 Å². The first-order valence-electron chi connectivity index (χ1n) is 9.58. The quantitative estimate of drug-likeness (QED) is 0.322. The predicted octanol–water partition coefficient (Wildman–Crippen LogP) is 3.77. The van der Waals surface area contributed by atoms with Crippen LogP contribution in [0, 0.1) is 5.82 Å². The molecule has 1 aliphatic rings. The lowest BCUT2D eigenvalue weighted by atomic mass is 10.0. The summed E-state index contributed by atoms with van der Waals surface area (Å²) in [6.45, 7) is 1.47. The van der Waals surface area contributed by atoms with E-state index in [0.29, 0.717) is 37.6 Å². The van der Waals surface area contributed by atoms with E-state index in [-0.39, 0.29) is 30.3 Å². The highest BCUT2D eigenvalue weighted by atomic mass is 19.4. The van der Waals surface area contributed by atoms with Crippen LogP contribution in [-0.2, 0) is 11.0 Å². The van der Waals surface area contributed by atoms with Crippen molar-refractivity contribution in [1.82, 2.24) is 4.90 Å². The standard InChI is InChI=1S/C21H21F4N3O3/c22-15-4-6-16(7-5-15)31-13-8-20(29)28-11-9-27(10-12-28)19-3-1-2-18(21(23,24)25)17(19)14-26-30/h1-7,14,30H,8-13H2. The highest BCUT2D eigenvalue weighted by Crippen LogP contribution is 2.35. The second-order valence-electron chi connectivity index (χ2n) is 6.90. The summed E-state index contributed by atoms with van der Waals surface area (Å²) in [5, 5.41) is 11.6. The summed E-state index contributed by atoms with van der Waals surface area (Å²) >= 11 is 0. The number of benzene rings is 2. The molecule has 0 aromatic heterocycles. The van der Waals surface area contributed by atoms with Gasteiger partial charge >= 0.3 is 6.18 Å². The maximum atomic E-state index is 13.3. The summed E-state index contributed by atoms with van der Waals surface area (Å²) < 4.78 is 58.2. The molecule has 1 fully saturated rings. The molecule has 0 aliphatic carbocycles. The van der Waals surface area contributed by atoms with Crippen LogP contribution in [0.5, 0.6) is 5.75 Å². The Balaban J connectivity index is 1.58. The smallest absolute Gasteiger partial charge is 0.417 e. The lowest BCUT2D eigenvalue weighted by Gasteiger charge is -2.37. The molecule has 2 aromatic rings. The van der Waals surface area contributed by atoms with E-state index in [4.69, 9.17) is 9.94 Å². The number of anilines is 1. The maximum Gasteiger partial charge on any atom is 0.417 e. The van der Waals surface area contributed by atoms with Crippen LogP contribution in [0.2, 0.25) is 0 Å². The largest absolute Gasteiger partial charge is 0.493 e. The van der Waals surface area contributed by atoms with Gasteiger partial charge in [-0.15, -0.1) is 0 Å². The van der Waals surface area contributed by atoms with Gasteiger partial charge in [0.1, 0.15) is 11.6 Å². The second-order valence-corrected chi connectivity index (χ2v) is 6.90. The fourth-order valence-corrected chi connectivity index (χ4v) is 3.41. The third-order valence-corrected chi connectivity index (χ3v) is 4.95. The van der Waals surface area contributed by atoms with Crippen molar-refractivity contribution in [3.05, 3.63) is 59.4 Å². The Labute approximate surface area is 176 Å². The number of amides is 1. The molecule has 0 atom stereocenters. The number of hydrogen-bond acceptors (Lipinski definition) is 5. The van der Waals surface area contributed by atoms with Crippen LogP contribution < -0.4 is 9.64 Å². The average molecular weight is 439 g/mol. The number of carbonyl (C=O) groups is 1. The zero-order valence-electron chi connectivity index (χ0n) is 16.5. The number of oxime groups is 1. The van der Waals surface area contributed by atoms with Crippen LogP contribution in [0.1, 0.15) is 17.5 Å². The number of alkyl halides is 3. The van der Waals surface area contributed by atoms with Gasteiger partial charge in [0.05, 0.1) is 24.8 Å². The van der Waals surface area contributed by atoms with E-state index < -0.39 is 11.7 Å². The van der Waals surface area contributed by atoms with Crippen molar-refractivity contribution in [2.75, 3.05) is 37.7 Å². The first kappa shape index (κ1) is 22.4. The van der Waals surface area contributed by atoms with Crippen molar-refractivity contribution in [1.29, 1.82) is 0 Å². The third-order valence-electron chi connectivity index (χ3n) is 4.95. The van der Waals surface area contributed by atoms with Crippen molar-refractivity contribution in [3.8, 4) is 5.75 Å². The molecular weight excluding hydrogens is 418 g/mol. The normalized spacial score (nSPS) is 14.8. The van der Waals surface area contributed by atoms with Crippen molar-refractivity contribution >= 4 is 17.8 Å². The monoisotopic (exact) mass is 439 g/mol. The van der Waals surface area contributed by atoms with Gasteiger partial charge in [0.25, 0.3) is 0 Å². The number of piperazine rings is 1. The summed E-state index contributed by atoms with van der Waals surface area (Å²) in [7, 11) is 0. The summed E-state index contributed by atoms with van der Waals surface area (Å²) in [4.78, 5) is 15.8. The SMILES string of the molecule is O=C(CCOc1ccc(F)cc1)N1CCN(c2cccc(C(F)(F)F)c2C=NO)CC1. The van der Waals surface area contributed by atoms with Gasteiger partial charge in [0.15, 0.2) is 0 Å². The lowest BCUT2D eigenvalue weighted by molar-refractivity contribution is -0.137. The molecule has 0 spiro atoms. The first-order chi connectivity index (χ1) is 14.8. The maximum absolute atomic E-state index is 13.3. The molecule has 1 heterocycles. The summed E-state index contributed by atoms with van der Waals surface area (Å²) in [5.41, 5.74) is -0.816. The van der Waals surface area contributed by atoms with Crippen LogP contribution >= 0.6 is 0 Å². The molecule has 10 heteroatoms. The van der Waals surface area contributed by atoms with Crippen LogP contribution in [0.3, 0.4) is 0 Å². The van der Waals surface area contributed by atoms with Gasteiger partial charge in [-0.25, -0.2) is 4.39 Å². The van der Waals surface area contributed by atoms with Gasteiger partial charge in [-0.1, -0.05) is 11.2 Å². The Morgan fingerprint density at radius 2 is 1.77 bits per heavy atom. The van der Waals surface area contributed by atoms with Gasteiger partial charge in [0, 0.05) is 37.4 Å². The minimum Gasteiger partial charge on any atom is -0.493 e. The number of ether oxygens (including phenoxy) is 1. The Kier molecular flexibility index (Phi) is 6.98. The molecule has 1 saturated heterocycles. The van der Waals surface area contributed by atoms with E-state index in [9.17, 15) is 22.4 Å². The first-order valence-corrected chi connectivity index (χ1v) is 9.58. The van der Waals surface area contributed by atoms with Gasteiger partial charge in [-0.3, -0.25) is 4.79 Å². The summed E-state index contributed by atoms with van der Waals surface area (Å²) in [6, 6.07) is 9.24. The summed E-state index contributed by atoms with van der Waals surface area (Å²) in [5.74, 6) is -0.0555. The fraction of sp³-hybridized carbons (Fsp3) is 0.333. The molecular formula is C21H21F4N3O3. The Morgan fingerprint density at radius 1 is 1.10 bits per heavy atom. The number of rotatable bonds is 6. The minimum absolute atomic E-state index is 0.128. The average Bonchev–Trinajstić information content (AvgIpc) is 2.75. The fourth-order valence-electron chi connectivity index (χ4n) is 3.41. The Morgan fingerprint density at radius 3 is 2.39 bits per heavy atom. The highest BCUT2D eigenvalue weighted by molar-refractivity contribution is 5.90. The Hall–Kier alpha value is -3.30. The third kappa shape index (κ3) is 5.65. The molecule has 0 radical (unpaired) electrons. The van der Waals surface area contributed by atoms with E-state index in [0.717, 1.165) is 12.3 Å². The number of carbonyl (C=O) groups excluding carboxylic acids is 1. The lowest BCUT2D eigenvalue weighted by Crippen LogP contribution is -2.49. The van der Waals surface area contributed by atoms with E-state index in [1.165, 1.54) is 36.4 Å². The van der Waals surface area contributed by atoms with Crippen molar-refractivity contribution < 1.29 is 32.3 Å². The van der Waals surface area contributed by atoms with Gasteiger partial charge in [-0.05, 0) is 36.4 Å². The Bertz CT molecular complexity index is 924. The minimum atomic E-state index is -4.59. The summed E-state index contributed by atoms with van der Waals surface area (Å²) in [6.07, 6.45) is -3.68. The van der Waals surface area contributed by atoms with E-state index in [1.807, 2.05) is 0 Å². The topological polar surface area (TPSA) is 65.4 Å². The van der Waals surface area contributed by atoms with E-state index in [1.54, 1.807) is 9.80 Å². The molecule has 1 N–H and O–H groups in total. The van der Waals surface area contributed by atoms with Gasteiger partial charge in [-0.2, -0.15) is 13.2 Å². The van der Waals surface area contributed by atoms with Crippen LogP contribution in [0.15, 0.2) is 47.6 Å². The van der Waals surface area contributed by atoms with Gasteiger partial charge in [0.2, 0.25) is 5.91 Å². The molecule has 3 rings (SSSR count). The number of halogens is 4. The molecule has 1 amide bonds. The molecule has 0 bridgehead atoms. The van der Waals surface area contributed by atoms with Gasteiger partial charge < -0.3 is 19.7 Å². The molecule has 166 valence electrons. The van der Waals surface area contributed by atoms with E-state index in [2.05, 4.69) is 5.16 Å². The number of hydrogen-bond donors (Lipinski definition) is 1. The molecule has 0 saturated carbocycles. The van der Waals surface area contributed by atoms with Crippen LogP contribution in [-0.4, -0.2) is 55.0 Å². The van der Waals surface area contributed by atoms with Crippen molar-refractivity contribution in [3.63, 3.8) is 0 Å². The molecule has 1 aliphatic heterocycles. The van der Waals surface area contributed by atoms with Crippen LogP contribution in [0.4, 0.5) is 23.2 Å². The van der Waals surface area contributed by atoms with E-state index >= 15 is 0 Å². The molecule has 31 heavy (non-hydrogen) atoms. The molecule has 2 aromatic carbocycles. The van der Waals surface area contributed by atoms with Crippen LogP contribution in [0.25, 0.3) is 0 Å². The number of nitrogens with zero attached hydrogens (tertiary/aromatic N) is 3. The van der Waals surface area contributed by atoms with Crippen molar-refractivity contribution in [2.45, 2.75) is 12.6 Å². The zero-order valence-corrected chi connectivity index (χ0v) is 16.5. The second kappa shape index (κ2) is 9.67. The highest BCUT2D eigenvalue weighted by Gasteiger charge is 2.35.